The van der Waals surface area contributed by atoms with Crippen LogP contribution in [0.25, 0.3) is 0 Å². The maximum atomic E-state index is 12.1. The van der Waals surface area contributed by atoms with E-state index in [1.807, 2.05) is 0 Å². The number of hydrogen-bond donors (Lipinski definition) is 2. The monoisotopic (exact) mass is 357 g/mol. The van der Waals surface area contributed by atoms with E-state index in [0.717, 1.165) is 12.1 Å². The molecule has 2 aromatic rings. The molecule has 1 heterocycles. The zero-order chi connectivity index (χ0) is 18.4. The van der Waals surface area contributed by atoms with Gasteiger partial charge in [-0.1, -0.05) is 0 Å². The fourth-order valence-corrected chi connectivity index (χ4v) is 1.81. The number of methoxy groups -OCH3 is 2. The van der Waals surface area contributed by atoms with Gasteiger partial charge in [-0.25, -0.2) is 4.79 Å². The number of hydrogen-bond acceptors (Lipinski definition) is 5. The van der Waals surface area contributed by atoms with Gasteiger partial charge in [0.15, 0.2) is 0 Å². The molecule has 0 bridgehead atoms. The molecule has 0 fully saturated rings. The van der Waals surface area contributed by atoms with Crippen LogP contribution in [0, 0.1) is 0 Å². The number of amides is 2. The van der Waals surface area contributed by atoms with Crippen LogP contribution in [0.4, 0.5) is 29.3 Å². The number of anilines is 2. The third kappa shape index (κ3) is 5.44. The van der Waals surface area contributed by atoms with E-state index in [-0.39, 0.29) is 23.0 Å². The van der Waals surface area contributed by atoms with Gasteiger partial charge in [-0.3, -0.25) is 0 Å². The molecule has 0 spiro atoms. The van der Waals surface area contributed by atoms with E-state index in [9.17, 15) is 18.0 Å². The SMILES string of the molecule is COc1ccc(NC(=O)Nc2ccc(OC(F)(F)F)cc2)c(OC)n1. The molecule has 10 heteroatoms. The van der Waals surface area contributed by atoms with Crippen LogP contribution < -0.4 is 24.8 Å². The van der Waals surface area contributed by atoms with Crippen molar-refractivity contribution in [3.05, 3.63) is 36.4 Å². The zero-order valence-electron chi connectivity index (χ0n) is 13.2. The first-order chi connectivity index (χ1) is 11.8. The second-order valence-corrected chi connectivity index (χ2v) is 4.56. The molecule has 25 heavy (non-hydrogen) atoms. The lowest BCUT2D eigenvalue weighted by atomic mass is 10.3. The van der Waals surface area contributed by atoms with E-state index in [1.54, 1.807) is 0 Å². The highest BCUT2D eigenvalue weighted by Gasteiger charge is 2.30. The fraction of sp³-hybridized carbons (Fsp3) is 0.200. The summed E-state index contributed by atoms with van der Waals surface area (Å²) in [5, 5.41) is 4.97. The topological polar surface area (TPSA) is 81.7 Å². The first-order valence-electron chi connectivity index (χ1n) is 6.83. The number of rotatable bonds is 5. The molecule has 0 saturated heterocycles. The average molecular weight is 357 g/mol. The van der Waals surface area contributed by atoms with Crippen LogP contribution >= 0.6 is 0 Å². The average Bonchev–Trinajstić information content (AvgIpc) is 2.55. The number of halogens is 3. The lowest BCUT2D eigenvalue weighted by Gasteiger charge is -2.12. The van der Waals surface area contributed by atoms with Crippen LogP contribution in [0.1, 0.15) is 0 Å². The highest BCUT2D eigenvalue weighted by Crippen LogP contribution is 2.26. The molecular formula is C15H14F3N3O4. The second-order valence-electron chi connectivity index (χ2n) is 4.56. The Morgan fingerprint density at radius 1 is 1.00 bits per heavy atom. The summed E-state index contributed by atoms with van der Waals surface area (Å²) in [5.41, 5.74) is 0.560. The number of nitrogens with zero attached hydrogens (tertiary/aromatic N) is 1. The van der Waals surface area contributed by atoms with Crippen molar-refractivity contribution in [2.24, 2.45) is 0 Å². The van der Waals surface area contributed by atoms with Crippen molar-refractivity contribution in [3.63, 3.8) is 0 Å². The van der Waals surface area contributed by atoms with Gasteiger partial charge in [0.2, 0.25) is 11.8 Å². The smallest absolute Gasteiger partial charge is 0.481 e. The number of nitrogens with one attached hydrogen (secondary N) is 2. The first kappa shape index (κ1) is 18.2. The summed E-state index contributed by atoms with van der Waals surface area (Å²) < 4.78 is 50.0. The quantitative estimate of drug-likeness (QED) is 0.854. The maximum absolute atomic E-state index is 12.1. The molecule has 0 aliphatic carbocycles. The van der Waals surface area contributed by atoms with Gasteiger partial charge in [-0.2, -0.15) is 4.98 Å². The number of benzene rings is 1. The number of urea groups is 1. The van der Waals surface area contributed by atoms with Crippen molar-refractivity contribution < 1.29 is 32.2 Å². The van der Waals surface area contributed by atoms with E-state index in [1.165, 1.54) is 38.5 Å². The predicted octanol–water partition coefficient (Wildman–Crippen LogP) is 3.64. The van der Waals surface area contributed by atoms with Gasteiger partial charge in [-0.15, -0.1) is 13.2 Å². The minimum atomic E-state index is -4.77. The van der Waals surface area contributed by atoms with Crippen LogP contribution in [-0.4, -0.2) is 31.6 Å². The molecule has 134 valence electrons. The number of aromatic nitrogens is 1. The fourth-order valence-electron chi connectivity index (χ4n) is 1.81. The Labute approximate surface area is 140 Å². The Morgan fingerprint density at radius 3 is 2.24 bits per heavy atom. The molecule has 0 atom stereocenters. The Hall–Kier alpha value is -3.17. The highest BCUT2D eigenvalue weighted by atomic mass is 19.4. The predicted molar refractivity (Wildman–Crippen MR) is 83.1 cm³/mol. The molecule has 1 aromatic heterocycles. The van der Waals surface area contributed by atoms with E-state index in [0.29, 0.717) is 5.88 Å². The van der Waals surface area contributed by atoms with Gasteiger partial charge in [0.25, 0.3) is 0 Å². The zero-order valence-corrected chi connectivity index (χ0v) is 13.2. The van der Waals surface area contributed by atoms with Gasteiger partial charge in [0.05, 0.1) is 14.2 Å². The largest absolute Gasteiger partial charge is 0.573 e. The lowest BCUT2D eigenvalue weighted by Crippen LogP contribution is -2.20. The molecule has 0 unspecified atom stereocenters. The van der Waals surface area contributed by atoms with Crippen LogP contribution in [0.3, 0.4) is 0 Å². The Balaban J connectivity index is 2.00. The lowest BCUT2D eigenvalue weighted by molar-refractivity contribution is -0.274. The molecule has 0 saturated carbocycles. The van der Waals surface area contributed by atoms with Gasteiger partial charge < -0.3 is 24.8 Å². The van der Waals surface area contributed by atoms with Crippen LogP contribution in [0.5, 0.6) is 17.5 Å². The number of carbonyl (C=O) groups is 1. The summed E-state index contributed by atoms with van der Waals surface area (Å²) in [5.74, 6) is 0.0611. The van der Waals surface area contributed by atoms with Crippen molar-refractivity contribution in [1.29, 1.82) is 0 Å². The Morgan fingerprint density at radius 2 is 1.68 bits per heavy atom. The Bertz CT molecular complexity index is 736. The second kappa shape index (κ2) is 7.60. The van der Waals surface area contributed by atoms with Gasteiger partial charge in [-0.05, 0) is 30.3 Å². The number of carbonyl (C=O) groups excluding carboxylic acids is 1. The summed E-state index contributed by atoms with van der Waals surface area (Å²) in [6.07, 6.45) is -4.77. The van der Waals surface area contributed by atoms with E-state index in [2.05, 4.69) is 20.4 Å². The maximum Gasteiger partial charge on any atom is 0.573 e. The molecule has 2 rings (SSSR count). The van der Waals surface area contributed by atoms with Gasteiger partial charge in [0.1, 0.15) is 11.4 Å². The summed E-state index contributed by atoms with van der Waals surface area (Å²) in [6.45, 7) is 0. The van der Waals surface area contributed by atoms with Crippen LogP contribution in [-0.2, 0) is 0 Å². The summed E-state index contributed by atoms with van der Waals surface area (Å²) in [6, 6.07) is 7.13. The molecule has 0 radical (unpaired) electrons. The van der Waals surface area contributed by atoms with Crippen LogP contribution in [0.2, 0.25) is 0 Å². The minimum absolute atomic E-state index is 0.142. The van der Waals surface area contributed by atoms with Crippen molar-refractivity contribution in [2.45, 2.75) is 6.36 Å². The standard InChI is InChI=1S/C15H14F3N3O4/c1-23-12-8-7-11(13(21-12)24-2)20-14(22)19-9-3-5-10(6-4-9)25-15(16,17)18/h3-8H,1-2H3,(H2,19,20,22). The summed E-state index contributed by atoms with van der Waals surface area (Å²) >= 11 is 0. The Kier molecular flexibility index (Phi) is 5.52. The summed E-state index contributed by atoms with van der Waals surface area (Å²) in [7, 11) is 2.82. The van der Waals surface area contributed by atoms with Gasteiger partial charge in [0, 0.05) is 11.8 Å². The third-order valence-corrected chi connectivity index (χ3v) is 2.83. The first-order valence-corrected chi connectivity index (χ1v) is 6.83. The van der Waals surface area contributed by atoms with E-state index >= 15 is 0 Å². The summed E-state index contributed by atoms with van der Waals surface area (Å²) in [4.78, 5) is 16.0. The van der Waals surface area contributed by atoms with Crippen LogP contribution in [0.15, 0.2) is 36.4 Å². The van der Waals surface area contributed by atoms with Crippen molar-refractivity contribution >= 4 is 17.4 Å². The molecule has 2 amide bonds. The van der Waals surface area contributed by atoms with Crippen molar-refractivity contribution in [2.75, 3.05) is 24.9 Å². The normalized spacial score (nSPS) is 10.8. The third-order valence-electron chi connectivity index (χ3n) is 2.83. The minimum Gasteiger partial charge on any atom is -0.481 e. The van der Waals surface area contributed by atoms with E-state index < -0.39 is 12.4 Å². The number of alkyl halides is 3. The highest BCUT2D eigenvalue weighted by molar-refractivity contribution is 6.00. The number of ether oxygens (including phenoxy) is 3. The van der Waals surface area contributed by atoms with Crippen molar-refractivity contribution in [1.82, 2.24) is 4.98 Å². The molecule has 1 aromatic carbocycles. The van der Waals surface area contributed by atoms with Gasteiger partial charge >= 0.3 is 12.4 Å². The number of pyridine rings is 1. The van der Waals surface area contributed by atoms with E-state index in [4.69, 9.17) is 9.47 Å². The van der Waals surface area contributed by atoms with Crippen molar-refractivity contribution in [3.8, 4) is 17.5 Å². The molecule has 0 aliphatic heterocycles. The molecule has 0 aliphatic rings. The molecule has 7 nitrogen and oxygen atoms in total. The molecule has 2 N–H and O–H groups in total. The molecular weight excluding hydrogens is 343 g/mol.